The Bertz CT molecular complexity index is 916. The predicted molar refractivity (Wildman–Crippen MR) is 138 cm³/mol. The third-order valence-corrected chi connectivity index (χ3v) is 7.53. The highest BCUT2D eigenvalue weighted by molar-refractivity contribution is 9.10. The lowest BCUT2D eigenvalue weighted by Gasteiger charge is -2.31. The lowest BCUT2D eigenvalue weighted by Crippen LogP contribution is -2.50. The number of carbonyl (C=O) groups is 2. The standard InChI is InChI=1S/C26H33BrN2O3S/c1-19(26(31)28-23-8-4-3-5-9-23)29(16-21-7-6-10-24(15-21)32-2)25(30)18-33-17-20-11-13-22(27)14-12-20/h6-7,10-15,19,23H,3-5,8-9,16-18H2,1-2H3,(H,28,31). The molecule has 1 atom stereocenters. The molecule has 7 heteroatoms. The number of nitrogens with one attached hydrogen (secondary N) is 1. The molecule has 0 bridgehead atoms. The molecular formula is C26H33BrN2O3S. The lowest BCUT2D eigenvalue weighted by atomic mass is 9.95. The van der Waals surface area contributed by atoms with Gasteiger partial charge in [-0.15, -0.1) is 11.8 Å². The van der Waals surface area contributed by atoms with Crippen LogP contribution in [-0.4, -0.2) is 41.7 Å². The van der Waals surface area contributed by atoms with Crippen LogP contribution in [0.5, 0.6) is 5.75 Å². The van der Waals surface area contributed by atoms with Gasteiger partial charge in [-0.25, -0.2) is 0 Å². The van der Waals surface area contributed by atoms with Crippen LogP contribution in [0.15, 0.2) is 53.0 Å². The molecule has 1 fully saturated rings. The molecule has 33 heavy (non-hydrogen) atoms. The van der Waals surface area contributed by atoms with Crippen LogP contribution in [0.3, 0.4) is 0 Å². The monoisotopic (exact) mass is 532 g/mol. The summed E-state index contributed by atoms with van der Waals surface area (Å²) < 4.78 is 6.37. The van der Waals surface area contributed by atoms with Gasteiger partial charge >= 0.3 is 0 Å². The second kappa shape index (κ2) is 13.0. The zero-order valence-electron chi connectivity index (χ0n) is 19.4. The maximum absolute atomic E-state index is 13.3. The molecule has 1 N–H and O–H groups in total. The van der Waals surface area contributed by atoms with Crippen molar-refractivity contribution in [1.29, 1.82) is 0 Å². The molecule has 1 saturated carbocycles. The maximum Gasteiger partial charge on any atom is 0.242 e. The van der Waals surface area contributed by atoms with E-state index in [2.05, 4.69) is 33.4 Å². The number of carbonyl (C=O) groups excluding carboxylic acids is 2. The summed E-state index contributed by atoms with van der Waals surface area (Å²) in [6, 6.07) is 15.5. The normalized spacial score (nSPS) is 15.0. The van der Waals surface area contributed by atoms with Gasteiger partial charge in [0, 0.05) is 22.8 Å². The van der Waals surface area contributed by atoms with Crippen molar-refractivity contribution < 1.29 is 14.3 Å². The van der Waals surface area contributed by atoms with Gasteiger partial charge < -0.3 is 15.0 Å². The fourth-order valence-electron chi connectivity index (χ4n) is 4.04. The van der Waals surface area contributed by atoms with Gasteiger partial charge in [-0.3, -0.25) is 9.59 Å². The Kier molecular flexibility index (Phi) is 10.1. The first-order valence-electron chi connectivity index (χ1n) is 11.5. The van der Waals surface area contributed by atoms with Crippen molar-refractivity contribution >= 4 is 39.5 Å². The summed E-state index contributed by atoms with van der Waals surface area (Å²) in [6.07, 6.45) is 5.57. The highest BCUT2D eigenvalue weighted by Crippen LogP contribution is 2.21. The van der Waals surface area contributed by atoms with E-state index < -0.39 is 6.04 Å². The number of benzene rings is 2. The van der Waals surface area contributed by atoms with Crippen LogP contribution in [0.1, 0.15) is 50.2 Å². The molecule has 0 heterocycles. The molecule has 2 aromatic rings. The van der Waals surface area contributed by atoms with Gasteiger partial charge in [-0.1, -0.05) is 59.5 Å². The van der Waals surface area contributed by atoms with E-state index in [0.29, 0.717) is 12.3 Å². The molecule has 3 rings (SSSR count). The van der Waals surface area contributed by atoms with Crippen molar-refractivity contribution in [3.63, 3.8) is 0 Å². The SMILES string of the molecule is COc1cccc(CN(C(=O)CSCc2ccc(Br)cc2)C(C)C(=O)NC2CCCCC2)c1. The van der Waals surface area contributed by atoms with Crippen LogP contribution in [0.4, 0.5) is 0 Å². The topological polar surface area (TPSA) is 58.6 Å². The fourth-order valence-corrected chi connectivity index (χ4v) is 5.17. The molecule has 0 aliphatic heterocycles. The second-order valence-corrected chi connectivity index (χ2v) is 10.4. The second-order valence-electron chi connectivity index (χ2n) is 8.51. The summed E-state index contributed by atoms with van der Waals surface area (Å²) in [5.74, 6) is 1.70. The number of ether oxygens (including phenoxy) is 1. The molecular weight excluding hydrogens is 500 g/mol. The van der Waals surface area contributed by atoms with E-state index >= 15 is 0 Å². The Morgan fingerprint density at radius 3 is 2.55 bits per heavy atom. The first kappa shape index (κ1) is 25.6. The minimum absolute atomic E-state index is 0.0359. The molecule has 5 nitrogen and oxygen atoms in total. The Morgan fingerprint density at radius 2 is 1.85 bits per heavy atom. The largest absolute Gasteiger partial charge is 0.497 e. The molecule has 178 valence electrons. The third-order valence-electron chi connectivity index (χ3n) is 6.01. The molecule has 0 spiro atoms. The first-order chi connectivity index (χ1) is 16.0. The van der Waals surface area contributed by atoms with Crippen molar-refractivity contribution in [3.8, 4) is 5.75 Å². The Balaban J connectivity index is 1.66. The number of nitrogens with zero attached hydrogens (tertiary/aromatic N) is 1. The summed E-state index contributed by atoms with van der Waals surface area (Å²) in [4.78, 5) is 28.0. The molecule has 1 unspecified atom stereocenters. The summed E-state index contributed by atoms with van der Waals surface area (Å²) in [5.41, 5.74) is 2.11. The summed E-state index contributed by atoms with van der Waals surface area (Å²) in [5, 5.41) is 3.18. The van der Waals surface area contributed by atoms with Gasteiger partial charge in [-0.05, 0) is 55.2 Å². The number of amides is 2. The van der Waals surface area contributed by atoms with E-state index in [1.807, 2.05) is 43.3 Å². The van der Waals surface area contributed by atoms with Crippen molar-refractivity contribution in [2.75, 3.05) is 12.9 Å². The number of hydrogen-bond acceptors (Lipinski definition) is 4. The van der Waals surface area contributed by atoms with Crippen LogP contribution in [0.2, 0.25) is 0 Å². The van der Waals surface area contributed by atoms with Crippen LogP contribution in [0.25, 0.3) is 0 Å². The maximum atomic E-state index is 13.3. The highest BCUT2D eigenvalue weighted by atomic mass is 79.9. The van der Waals surface area contributed by atoms with E-state index in [-0.39, 0.29) is 17.9 Å². The van der Waals surface area contributed by atoms with Crippen molar-refractivity contribution in [2.24, 2.45) is 0 Å². The van der Waals surface area contributed by atoms with Crippen molar-refractivity contribution in [2.45, 2.75) is 63.4 Å². The van der Waals surface area contributed by atoms with Gasteiger partial charge in [0.15, 0.2) is 0 Å². The third kappa shape index (κ3) is 8.07. The van der Waals surface area contributed by atoms with E-state index in [0.717, 1.165) is 47.2 Å². The van der Waals surface area contributed by atoms with Crippen LogP contribution in [0, 0.1) is 0 Å². The number of rotatable bonds is 10. The van der Waals surface area contributed by atoms with Crippen molar-refractivity contribution in [3.05, 3.63) is 64.1 Å². The average Bonchev–Trinajstić information content (AvgIpc) is 2.84. The van der Waals surface area contributed by atoms with Gasteiger partial charge in [0.05, 0.1) is 12.9 Å². The Morgan fingerprint density at radius 1 is 1.12 bits per heavy atom. The highest BCUT2D eigenvalue weighted by Gasteiger charge is 2.28. The van der Waals surface area contributed by atoms with E-state index in [1.165, 1.54) is 12.0 Å². The zero-order valence-corrected chi connectivity index (χ0v) is 21.8. The minimum Gasteiger partial charge on any atom is -0.497 e. The molecule has 2 amide bonds. The average molecular weight is 534 g/mol. The summed E-state index contributed by atoms with van der Waals surface area (Å²) >= 11 is 5.02. The van der Waals surface area contributed by atoms with Crippen molar-refractivity contribution in [1.82, 2.24) is 10.2 Å². The summed E-state index contributed by atoms with van der Waals surface area (Å²) in [6.45, 7) is 2.20. The smallest absolute Gasteiger partial charge is 0.242 e. The molecule has 1 aliphatic rings. The van der Waals surface area contributed by atoms with Gasteiger partial charge in [0.2, 0.25) is 11.8 Å². The van der Waals surface area contributed by atoms with Crippen LogP contribution >= 0.6 is 27.7 Å². The molecule has 1 aliphatic carbocycles. The van der Waals surface area contributed by atoms with E-state index in [1.54, 1.807) is 23.8 Å². The molecule has 2 aromatic carbocycles. The first-order valence-corrected chi connectivity index (χ1v) is 13.5. The van der Waals surface area contributed by atoms with E-state index in [4.69, 9.17) is 4.74 Å². The molecule has 0 radical (unpaired) electrons. The summed E-state index contributed by atoms with van der Waals surface area (Å²) in [7, 11) is 1.63. The number of thioether (sulfide) groups is 1. The predicted octanol–water partition coefficient (Wildman–Crippen LogP) is 5.56. The quantitative estimate of drug-likeness (QED) is 0.435. The number of hydrogen-bond donors (Lipinski definition) is 1. The zero-order chi connectivity index (χ0) is 23.6. The van der Waals surface area contributed by atoms with E-state index in [9.17, 15) is 9.59 Å². The minimum atomic E-state index is -0.543. The van der Waals surface area contributed by atoms with Gasteiger partial charge in [0.25, 0.3) is 0 Å². The Labute approximate surface area is 209 Å². The fraction of sp³-hybridized carbons (Fsp3) is 0.462. The molecule has 0 aromatic heterocycles. The molecule has 0 saturated heterocycles. The van der Waals surface area contributed by atoms with Gasteiger partial charge in [-0.2, -0.15) is 0 Å². The van der Waals surface area contributed by atoms with Crippen LogP contribution < -0.4 is 10.1 Å². The van der Waals surface area contributed by atoms with Gasteiger partial charge in [0.1, 0.15) is 11.8 Å². The number of methoxy groups -OCH3 is 1. The lowest BCUT2D eigenvalue weighted by molar-refractivity contribution is -0.139. The Hall–Kier alpha value is -1.99. The van der Waals surface area contributed by atoms with Crippen LogP contribution in [-0.2, 0) is 21.9 Å². The number of halogens is 1.